The molecule has 0 aliphatic heterocycles. The Labute approximate surface area is 95.3 Å². The van der Waals surface area contributed by atoms with E-state index < -0.39 is 0 Å². The van der Waals surface area contributed by atoms with E-state index in [1.54, 1.807) is 14.2 Å². The number of hydrogen-bond acceptors (Lipinski definition) is 4. The summed E-state index contributed by atoms with van der Waals surface area (Å²) in [5.74, 6) is 1.11. The summed E-state index contributed by atoms with van der Waals surface area (Å²) < 4.78 is 10.5. The van der Waals surface area contributed by atoms with E-state index in [1.165, 1.54) is 0 Å². The van der Waals surface area contributed by atoms with Crippen molar-refractivity contribution in [3.63, 3.8) is 0 Å². The smallest absolute Gasteiger partial charge is 0.180 e. The zero-order chi connectivity index (χ0) is 12.3. The Balaban J connectivity index is 3.51. The van der Waals surface area contributed by atoms with Crippen molar-refractivity contribution in [3.8, 4) is 11.5 Å². The first kappa shape index (κ1) is 12.5. The summed E-state index contributed by atoms with van der Waals surface area (Å²) >= 11 is 0. The number of ketones is 1. The highest BCUT2D eigenvalue weighted by molar-refractivity contribution is 6.02. The molecule has 0 fully saturated rings. The highest BCUT2D eigenvalue weighted by Gasteiger charge is 2.19. The quantitative estimate of drug-likeness (QED) is 0.785. The van der Waals surface area contributed by atoms with Crippen molar-refractivity contribution in [2.45, 2.75) is 13.8 Å². The Morgan fingerprint density at radius 1 is 1.31 bits per heavy atom. The van der Waals surface area contributed by atoms with Gasteiger partial charge in [0.05, 0.1) is 26.3 Å². The maximum Gasteiger partial charge on any atom is 0.180 e. The molecule has 88 valence electrons. The minimum absolute atomic E-state index is 0.0379. The van der Waals surface area contributed by atoms with Gasteiger partial charge in [0.25, 0.3) is 0 Å². The summed E-state index contributed by atoms with van der Waals surface area (Å²) in [7, 11) is 3.12. The number of nitrogens with two attached hydrogens (primary N) is 1. The van der Waals surface area contributed by atoms with Crippen LogP contribution in [0.25, 0.3) is 0 Å². The van der Waals surface area contributed by atoms with Crippen molar-refractivity contribution < 1.29 is 14.3 Å². The summed E-state index contributed by atoms with van der Waals surface area (Å²) in [5.41, 5.74) is 7.53. The molecule has 0 saturated carbocycles. The summed E-state index contributed by atoms with van der Waals surface area (Å²) in [6.45, 7) is 3.65. The number of methoxy groups -OCH3 is 2. The molecule has 0 saturated heterocycles. The normalized spacial score (nSPS) is 10.1. The molecule has 1 aromatic carbocycles. The van der Waals surface area contributed by atoms with Gasteiger partial charge in [0, 0.05) is 5.56 Å². The Kier molecular flexibility index (Phi) is 3.90. The lowest BCUT2D eigenvalue weighted by atomic mass is 9.99. The highest BCUT2D eigenvalue weighted by Crippen LogP contribution is 2.33. The third-order valence-corrected chi connectivity index (χ3v) is 2.57. The van der Waals surface area contributed by atoms with Gasteiger partial charge in [0.15, 0.2) is 5.78 Å². The molecule has 1 rings (SSSR count). The largest absolute Gasteiger partial charge is 0.496 e. The SMILES string of the molecule is COc1cc(C)c(OC)c(C(=O)CN)c1C. The van der Waals surface area contributed by atoms with Crippen LogP contribution < -0.4 is 15.2 Å². The zero-order valence-corrected chi connectivity index (χ0v) is 10.1. The molecular weight excluding hydrogens is 206 g/mol. The van der Waals surface area contributed by atoms with Gasteiger partial charge in [-0.05, 0) is 25.5 Å². The van der Waals surface area contributed by atoms with Gasteiger partial charge >= 0.3 is 0 Å². The lowest BCUT2D eigenvalue weighted by Gasteiger charge is -2.16. The van der Waals surface area contributed by atoms with Crippen LogP contribution in [0.5, 0.6) is 11.5 Å². The number of rotatable bonds is 4. The fraction of sp³-hybridized carbons (Fsp3) is 0.417. The Hall–Kier alpha value is -1.55. The minimum Gasteiger partial charge on any atom is -0.496 e. The number of hydrogen-bond donors (Lipinski definition) is 1. The van der Waals surface area contributed by atoms with Crippen molar-refractivity contribution >= 4 is 5.78 Å². The second kappa shape index (κ2) is 4.99. The molecule has 4 nitrogen and oxygen atoms in total. The maximum atomic E-state index is 11.8. The van der Waals surface area contributed by atoms with Crippen LogP contribution in [0.2, 0.25) is 0 Å². The van der Waals surface area contributed by atoms with E-state index in [0.29, 0.717) is 17.1 Å². The summed E-state index contributed by atoms with van der Waals surface area (Å²) in [6, 6.07) is 1.85. The molecular formula is C12H17NO3. The number of ether oxygens (including phenoxy) is 2. The van der Waals surface area contributed by atoms with Crippen LogP contribution in [0.3, 0.4) is 0 Å². The first-order valence-electron chi connectivity index (χ1n) is 5.02. The van der Waals surface area contributed by atoms with Crippen molar-refractivity contribution in [1.29, 1.82) is 0 Å². The maximum absolute atomic E-state index is 11.8. The van der Waals surface area contributed by atoms with Crippen LogP contribution in [0, 0.1) is 13.8 Å². The fourth-order valence-electron chi connectivity index (χ4n) is 1.77. The van der Waals surface area contributed by atoms with E-state index in [2.05, 4.69) is 0 Å². The molecule has 4 heteroatoms. The molecule has 0 atom stereocenters. The fourth-order valence-corrected chi connectivity index (χ4v) is 1.77. The average Bonchev–Trinajstić information content (AvgIpc) is 2.29. The van der Waals surface area contributed by atoms with Crippen molar-refractivity contribution in [1.82, 2.24) is 0 Å². The van der Waals surface area contributed by atoms with Crippen LogP contribution >= 0.6 is 0 Å². The van der Waals surface area contributed by atoms with Crippen molar-refractivity contribution in [3.05, 3.63) is 22.8 Å². The van der Waals surface area contributed by atoms with Crippen molar-refractivity contribution in [2.75, 3.05) is 20.8 Å². The second-order valence-electron chi connectivity index (χ2n) is 3.56. The lowest BCUT2D eigenvalue weighted by Crippen LogP contribution is -2.17. The van der Waals surface area contributed by atoms with Crippen LogP contribution in [0.15, 0.2) is 6.07 Å². The van der Waals surface area contributed by atoms with Gasteiger partial charge in [-0.2, -0.15) is 0 Å². The number of carbonyl (C=O) groups excluding carboxylic acids is 1. The Bertz CT molecular complexity index is 413. The van der Waals surface area contributed by atoms with Gasteiger partial charge < -0.3 is 15.2 Å². The molecule has 0 radical (unpaired) electrons. The standard InChI is InChI=1S/C12H17NO3/c1-7-5-10(15-3)8(2)11(9(14)6-13)12(7)16-4/h5H,6,13H2,1-4H3. The number of benzene rings is 1. The number of aryl methyl sites for hydroxylation is 1. The molecule has 0 spiro atoms. The lowest BCUT2D eigenvalue weighted by molar-refractivity contribution is 0.0997. The molecule has 0 amide bonds. The van der Waals surface area contributed by atoms with Gasteiger partial charge in [0.2, 0.25) is 0 Å². The minimum atomic E-state index is -0.142. The van der Waals surface area contributed by atoms with Crippen LogP contribution in [-0.2, 0) is 0 Å². The van der Waals surface area contributed by atoms with Crippen LogP contribution in [0.4, 0.5) is 0 Å². The summed E-state index contributed by atoms with van der Waals surface area (Å²) in [6.07, 6.45) is 0. The molecule has 16 heavy (non-hydrogen) atoms. The third kappa shape index (κ3) is 2.02. The molecule has 2 N–H and O–H groups in total. The van der Waals surface area contributed by atoms with E-state index in [1.807, 2.05) is 19.9 Å². The Morgan fingerprint density at radius 2 is 1.94 bits per heavy atom. The molecule has 0 bridgehead atoms. The predicted molar refractivity (Wildman–Crippen MR) is 62.4 cm³/mol. The monoisotopic (exact) mass is 223 g/mol. The van der Waals surface area contributed by atoms with Gasteiger partial charge in [0.1, 0.15) is 11.5 Å². The Morgan fingerprint density at radius 3 is 2.38 bits per heavy atom. The van der Waals surface area contributed by atoms with E-state index in [0.717, 1.165) is 11.1 Å². The molecule has 0 aliphatic carbocycles. The highest BCUT2D eigenvalue weighted by atomic mass is 16.5. The molecule has 0 unspecified atom stereocenters. The summed E-state index contributed by atoms with van der Waals surface area (Å²) in [4.78, 5) is 11.8. The number of Topliss-reactive ketones (excluding diaryl/α,β-unsaturated/α-hetero) is 1. The van der Waals surface area contributed by atoms with E-state index in [-0.39, 0.29) is 12.3 Å². The van der Waals surface area contributed by atoms with E-state index in [4.69, 9.17) is 15.2 Å². The molecule has 0 heterocycles. The van der Waals surface area contributed by atoms with Gasteiger partial charge in [-0.1, -0.05) is 0 Å². The molecule has 0 aliphatic rings. The zero-order valence-electron chi connectivity index (χ0n) is 10.1. The van der Waals surface area contributed by atoms with Crippen LogP contribution in [0.1, 0.15) is 21.5 Å². The van der Waals surface area contributed by atoms with E-state index >= 15 is 0 Å². The average molecular weight is 223 g/mol. The van der Waals surface area contributed by atoms with Gasteiger partial charge in [-0.3, -0.25) is 4.79 Å². The molecule has 0 aromatic heterocycles. The first-order valence-corrected chi connectivity index (χ1v) is 5.02. The molecule has 1 aromatic rings. The summed E-state index contributed by atoms with van der Waals surface area (Å²) in [5, 5.41) is 0. The van der Waals surface area contributed by atoms with Gasteiger partial charge in [-0.25, -0.2) is 0 Å². The van der Waals surface area contributed by atoms with Crippen molar-refractivity contribution in [2.24, 2.45) is 5.73 Å². The second-order valence-corrected chi connectivity index (χ2v) is 3.56. The van der Waals surface area contributed by atoms with Crippen LogP contribution in [-0.4, -0.2) is 26.5 Å². The van der Waals surface area contributed by atoms with E-state index in [9.17, 15) is 4.79 Å². The van der Waals surface area contributed by atoms with Gasteiger partial charge in [-0.15, -0.1) is 0 Å². The first-order chi connectivity index (χ1) is 7.56. The topological polar surface area (TPSA) is 61.5 Å². The number of carbonyl (C=O) groups is 1. The predicted octanol–water partition coefficient (Wildman–Crippen LogP) is 1.46. The third-order valence-electron chi connectivity index (χ3n) is 2.57.